The van der Waals surface area contributed by atoms with Crippen molar-refractivity contribution in [1.29, 1.82) is 0 Å². The molecule has 0 unspecified atom stereocenters. The van der Waals surface area contributed by atoms with Crippen LogP contribution in [0.3, 0.4) is 0 Å². The van der Waals surface area contributed by atoms with Crippen molar-refractivity contribution in [3.63, 3.8) is 0 Å². The second-order valence-corrected chi connectivity index (χ2v) is 8.63. The second-order valence-electron chi connectivity index (χ2n) is 6.89. The first-order valence-corrected chi connectivity index (χ1v) is 11.3. The van der Waals surface area contributed by atoms with E-state index in [-0.39, 0.29) is 5.91 Å². The first-order valence-electron chi connectivity index (χ1n) is 9.45. The Balaban J connectivity index is 1.76. The van der Waals surface area contributed by atoms with Gasteiger partial charge in [0, 0.05) is 17.3 Å². The lowest BCUT2D eigenvalue weighted by atomic mass is 9.99. The minimum Gasteiger partial charge on any atom is -0.494 e. The van der Waals surface area contributed by atoms with Gasteiger partial charge in [-0.05, 0) is 42.2 Å². The third-order valence-electron chi connectivity index (χ3n) is 4.54. The third kappa shape index (κ3) is 5.84. The van der Waals surface area contributed by atoms with Crippen LogP contribution in [0.4, 0.5) is 11.4 Å². The van der Waals surface area contributed by atoms with E-state index < -0.39 is 10.0 Å². The first-order chi connectivity index (χ1) is 14.4. The number of sulfonamides is 1. The zero-order valence-corrected chi connectivity index (χ0v) is 17.7. The van der Waals surface area contributed by atoms with Gasteiger partial charge in [0.25, 0.3) is 5.91 Å². The van der Waals surface area contributed by atoms with E-state index in [4.69, 9.17) is 4.74 Å². The Bertz CT molecular complexity index is 1130. The first kappa shape index (κ1) is 21.4. The summed E-state index contributed by atoms with van der Waals surface area (Å²) in [7, 11) is -2.00. The summed E-state index contributed by atoms with van der Waals surface area (Å²) in [5.41, 5.74) is 3.59. The minimum atomic E-state index is -3.44. The lowest BCUT2D eigenvalue weighted by Gasteiger charge is -2.13. The Kier molecular flexibility index (Phi) is 6.74. The number of carbonyl (C=O) groups excluding carboxylic acids is 1. The van der Waals surface area contributed by atoms with E-state index in [0.717, 1.165) is 24.7 Å². The summed E-state index contributed by atoms with van der Waals surface area (Å²) in [6.45, 7) is 0. The van der Waals surface area contributed by atoms with Gasteiger partial charge in [0.2, 0.25) is 10.0 Å². The van der Waals surface area contributed by atoms with Crippen molar-refractivity contribution in [3.05, 3.63) is 89.5 Å². The van der Waals surface area contributed by atoms with Gasteiger partial charge in [-0.3, -0.25) is 9.52 Å². The Hall–Kier alpha value is -3.32. The van der Waals surface area contributed by atoms with E-state index >= 15 is 0 Å². The van der Waals surface area contributed by atoms with E-state index in [1.807, 2.05) is 36.4 Å². The number of methoxy groups -OCH3 is 1. The number of benzene rings is 3. The lowest BCUT2D eigenvalue weighted by molar-refractivity contribution is 0.102. The summed E-state index contributed by atoms with van der Waals surface area (Å²) in [4.78, 5) is 12.9. The average Bonchev–Trinajstić information content (AvgIpc) is 2.73. The van der Waals surface area contributed by atoms with E-state index in [1.54, 1.807) is 24.3 Å². The average molecular weight is 425 g/mol. The fourth-order valence-electron chi connectivity index (χ4n) is 3.13. The summed E-state index contributed by atoms with van der Waals surface area (Å²) in [5, 5.41) is 2.87. The topological polar surface area (TPSA) is 84.5 Å². The van der Waals surface area contributed by atoms with Gasteiger partial charge in [0.15, 0.2) is 0 Å². The van der Waals surface area contributed by atoms with Gasteiger partial charge in [-0.15, -0.1) is 0 Å². The quantitative estimate of drug-likeness (QED) is 0.570. The lowest BCUT2D eigenvalue weighted by Crippen LogP contribution is -2.15. The van der Waals surface area contributed by atoms with Crippen LogP contribution in [0.2, 0.25) is 0 Å². The second kappa shape index (κ2) is 9.45. The normalized spacial score (nSPS) is 11.0. The molecule has 2 N–H and O–H groups in total. The van der Waals surface area contributed by atoms with Crippen molar-refractivity contribution in [1.82, 2.24) is 0 Å². The summed E-state index contributed by atoms with van der Waals surface area (Å²) in [5.74, 6) is 0.0834. The number of nitrogens with one attached hydrogen (secondary N) is 2. The Labute approximate surface area is 177 Å². The van der Waals surface area contributed by atoms with Crippen molar-refractivity contribution in [2.45, 2.75) is 12.8 Å². The molecule has 0 heterocycles. The number of ether oxygens (including phenoxy) is 1. The standard InChI is InChI=1S/C23H24N2O4S/c1-29-22-16-19(14-15-21(22)25-30(2,27)28)24-23(26)20-11-7-6-10-18(20)13-12-17-8-4-3-5-9-17/h3-11,14-16,25H,12-13H2,1-2H3,(H,24,26). The van der Waals surface area contributed by atoms with Crippen LogP contribution in [0.1, 0.15) is 21.5 Å². The van der Waals surface area contributed by atoms with Crippen LogP contribution in [-0.4, -0.2) is 27.7 Å². The summed E-state index contributed by atoms with van der Waals surface area (Å²) in [6, 6.07) is 22.4. The molecule has 0 radical (unpaired) electrons. The van der Waals surface area contributed by atoms with Crippen LogP contribution in [0, 0.1) is 0 Å². The van der Waals surface area contributed by atoms with Crippen LogP contribution in [0.15, 0.2) is 72.8 Å². The van der Waals surface area contributed by atoms with Crippen molar-refractivity contribution < 1.29 is 17.9 Å². The molecule has 0 saturated heterocycles. The number of anilines is 2. The van der Waals surface area contributed by atoms with Crippen LogP contribution >= 0.6 is 0 Å². The molecule has 0 atom stereocenters. The van der Waals surface area contributed by atoms with Gasteiger partial charge in [0.1, 0.15) is 5.75 Å². The SMILES string of the molecule is COc1cc(NC(=O)c2ccccc2CCc2ccccc2)ccc1NS(C)(=O)=O. The molecule has 3 rings (SSSR count). The molecule has 0 aromatic heterocycles. The summed E-state index contributed by atoms with van der Waals surface area (Å²) >= 11 is 0. The number of hydrogen-bond acceptors (Lipinski definition) is 4. The molecule has 0 spiro atoms. The molecule has 0 aliphatic rings. The zero-order valence-electron chi connectivity index (χ0n) is 16.9. The molecule has 0 fully saturated rings. The van der Waals surface area contributed by atoms with Gasteiger partial charge in [0.05, 0.1) is 19.1 Å². The fourth-order valence-corrected chi connectivity index (χ4v) is 3.70. The molecular formula is C23H24N2O4S. The van der Waals surface area contributed by atoms with Crippen molar-refractivity contribution in [2.24, 2.45) is 0 Å². The van der Waals surface area contributed by atoms with E-state index in [0.29, 0.717) is 22.7 Å². The predicted molar refractivity (Wildman–Crippen MR) is 120 cm³/mol. The van der Waals surface area contributed by atoms with Crippen LogP contribution in [-0.2, 0) is 22.9 Å². The van der Waals surface area contributed by atoms with E-state index in [1.165, 1.54) is 12.7 Å². The molecule has 3 aromatic rings. The highest BCUT2D eigenvalue weighted by Gasteiger charge is 2.14. The fraction of sp³-hybridized carbons (Fsp3) is 0.174. The predicted octanol–water partition coefficient (Wildman–Crippen LogP) is 4.10. The Morgan fingerprint density at radius 1 is 0.933 bits per heavy atom. The van der Waals surface area contributed by atoms with E-state index in [9.17, 15) is 13.2 Å². The smallest absolute Gasteiger partial charge is 0.255 e. The Morgan fingerprint density at radius 2 is 1.63 bits per heavy atom. The van der Waals surface area contributed by atoms with Crippen LogP contribution in [0.25, 0.3) is 0 Å². The van der Waals surface area contributed by atoms with Gasteiger partial charge < -0.3 is 10.1 Å². The summed E-state index contributed by atoms with van der Waals surface area (Å²) < 4.78 is 30.6. The maximum absolute atomic E-state index is 12.9. The maximum atomic E-state index is 12.9. The summed E-state index contributed by atoms with van der Waals surface area (Å²) in [6.07, 6.45) is 2.65. The van der Waals surface area contributed by atoms with Crippen molar-refractivity contribution >= 4 is 27.3 Å². The molecule has 0 aliphatic heterocycles. The molecule has 3 aromatic carbocycles. The number of hydrogen-bond donors (Lipinski definition) is 2. The zero-order chi connectivity index (χ0) is 21.6. The molecule has 0 aliphatic carbocycles. The highest BCUT2D eigenvalue weighted by molar-refractivity contribution is 7.92. The Morgan fingerprint density at radius 3 is 2.33 bits per heavy atom. The molecule has 1 amide bonds. The van der Waals surface area contributed by atoms with Gasteiger partial charge >= 0.3 is 0 Å². The molecule has 6 nitrogen and oxygen atoms in total. The molecule has 0 bridgehead atoms. The molecule has 0 saturated carbocycles. The van der Waals surface area contributed by atoms with Crippen LogP contribution < -0.4 is 14.8 Å². The maximum Gasteiger partial charge on any atom is 0.255 e. The molecule has 30 heavy (non-hydrogen) atoms. The highest BCUT2D eigenvalue weighted by atomic mass is 32.2. The number of rotatable bonds is 8. The van der Waals surface area contributed by atoms with Gasteiger partial charge in [-0.25, -0.2) is 8.42 Å². The minimum absolute atomic E-state index is 0.232. The number of amides is 1. The van der Waals surface area contributed by atoms with Crippen molar-refractivity contribution in [3.8, 4) is 5.75 Å². The third-order valence-corrected chi connectivity index (χ3v) is 5.13. The van der Waals surface area contributed by atoms with Crippen molar-refractivity contribution in [2.75, 3.05) is 23.4 Å². The van der Waals surface area contributed by atoms with Gasteiger partial charge in [-0.2, -0.15) is 0 Å². The number of aryl methyl sites for hydroxylation is 2. The molecule has 7 heteroatoms. The van der Waals surface area contributed by atoms with Gasteiger partial charge in [-0.1, -0.05) is 48.5 Å². The highest BCUT2D eigenvalue weighted by Crippen LogP contribution is 2.29. The monoisotopic (exact) mass is 424 g/mol. The largest absolute Gasteiger partial charge is 0.494 e. The number of carbonyl (C=O) groups is 1. The molecular weight excluding hydrogens is 400 g/mol. The van der Waals surface area contributed by atoms with E-state index in [2.05, 4.69) is 22.2 Å². The van der Waals surface area contributed by atoms with Crippen LogP contribution in [0.5, 0.6) is 5.75 Å². The molecule has 156 valence electrons.